The monoisotopic (exact) mass is 263 g/mol. The fourth-order valence-electron chi connectivity index (χ4n) is 1.47. The smallest absolute Gasteiger partial charge is 0.422 e. The van der Waals surface area contributed by atoms with Gasteiger partial charge in [-0.05, 0) is 25.0 Å². The Kier molecular flexibility index (Phi) is 4.84. The van der Waals surface area contributed by atoms with Crippen molar-refractivity contribution in [2.75, 3.05) is 13.7 Å². The lowest BCUT2D eigenvalue weighted by molar-refractivity contribution is -0.153. The van der Waals surface area contributed by atoms with Gasteiger partial charge < -0.3 is 15.2 Å². The summed E-state index contributed by atoms with van der Waals surface area (Å²) in [5.41, 5.74) is 6.27. The Hall–Kier alpha value is -1.43. The van der Waals surface area contributed by atoms with E-state index in [0.29, 0.717) is 17.7 Å². The van der Waals surface area contributed by atoms with Gasteiger partial charge in [-0.1, -0.05) is 6.07 Å². The van der Waals surface area contributed by atoms with Gasteiger partial charge in [0.05, 0.1) is 7.11 Å². The second-order valence-corrected chi connectivity index (χ2v) is 4.06. The maximum Gasteiger partial charge on any atom is 0.422 e. The third-order valence-corrected chi connectivity index (χ3v) is 2.21. The first kappa shape index (κ1) is 14.6. The van der Waals surface area contributed by atoms with Crippen molar-refractivity contribution < 1.29 is 22.6 Å². The van der Waals surface area contributed by atoms with Crippen LogP contribution in [-0.4, -0.2) is 25.9 Å². The quantitative estimate of drug-likeness (QED) is 0.887. The minimum Gasteiger partial charge on any atom is -0.497 e. The third kappa shape index (κ3) is 4.83. The lowest BCUT2D eigenvalue weighted by Gasteiger charge is -2.15. The van der Waals surface area contributed by atoms with Gasteiger partial charge in [0, 0.05) is 12.1 Å². The van der Waals surface area contributed by atoms with Gasteiger partial charge >= 0.3 is 6.18 Å². The second kappa shape index (κ2) is 5.95. The molecule has 1 aromatic carbocycles. The average Bonchev–Trinajstić information content (AvgIpc) is 2.26. The molecule has 0 aliphatic carbocycles. The fraction of sp³-hybridized carbons (Fsp3) is 0.500. The SMILES string of the molecule is COc1ccc(CC(C)N)c(OCC(F)(F)F)c1. The topological polar surface area (TPSA) is 44.5 Å². The minimum absolute atomic E-state index is 0.156. The van der Waals surface area contributed by atoms with Crippen LogP contribution < -0.4 is 15.2 Å². The third-order valence-electron chi connectivity index (χ3n) is 2.21. The van der Waals surface area contributed by atoms with Gasteiger partial charge in [0.25, 0.3) is 0 Å². The number of methoxy groups -OCH3 is 1. The van der Waals surface area contributed by atoms with Crippen LogP contribution in [0.15, 0.2) is 18.2 Å². The normalized spacial score (nSPS) is 13.2. The summed E-state index contributed by atoms with van der Waals surface area (Å²) in [6.07, 6.45) is -3.92. The number of alkyl halides is 3. The van der Waals surface area contributed by atoms with Crippen LogP contribution in [0.25, 0.3) is 0 Å². The van der Waals surface area contributed by atoms with Crippen LogP contribution >= 0.6 is 0 Å². The number of ether oxygens (including phenoxy) is 2. The van der Waals surface area contributed by atoms with Crippen LogP contribution in [0.4, 0.5) is 13.2 Å². The van der Waals surface area contributed by atoms with Gasteiger partial charge in [0.2, 0.25) is 0 Å². The predicted molar refractivity (Wildman–Crippen MR) is 61.9 cm³/mol. The summed E-state index contributed by atoms with van der Waals surface area (Å²) in [7, 11) is 1.44. The Balaban J connectivity index is 2.89. The predicted octanol–water partition coefficient (Wildman–Crippen LogP) is 2.53. The molecule has 0 amide bonds. The van der Waals surface area contributed by atoms with Gasteiger partial charge in [0.15, 0.2) is 6.61 Å². The van der Waals surface area contributed by atoms with Crippen LogP contribution in [0, 0.1) is 0 Å². The van der Waals surface area contributed by atoms with E-state index in [2.05, 4.69) is 0 Å². The van der Waals surface area contributed by atoms with Crippen LogP contribution in [-0.2, 0) is 6.42 Å². The Labute approximate surface area is 104 Å². The molecule has 1 atom stereocenters. The highest BCUT2D eigenvalue weighted by molar-refractivity contribution is 5.41. The second-order valence-electron chi connectivity index (χ2n) is 4.06. The van der Waals surface area contributed by atoms with Gasteiger partial charge in [-0.25, -0.2) is 0 Å². The van der Waals surface area contributed by atoms with Crippen molar-refractivity contribution in [3.05, 3.63) is 23.8 Å². The van der Waals surface area contributed by atoms with E-state index in [-0.39, 0.29) is 11.8 Å². The molecule has 0 aromatic heterocycles. The highest BCUT2D eigenvalue weighted by atomic mass is 19.4. The standard InChI is InChI=1S/C12H16F3NO2/c1-8(16)5-9-3-4-10(17-2)6-11(9)18-7-12(13,14)15/h3-4,6,8H,5,7,16H2,1-2H3. The average molecular weight is 263 g/mol. The van der Waals surface area contributed by atoms with Gasteiger partial charge in [-0.15, -0.1) is 0 Å². The molecule has 0 aliphatic rings. The summed E-state index contributed by atoms with van der Waals surface area (Å²) in [5.74, 6) is 0.601. The van der Waals surface area contributed by atoms with Crippen molar-refractivity contribution in [1.82, 2.24) is 0 Å². The van der Waals surface area contributed by atoms with Crippen LogP contribution in [0.2, 0.25) is 0 Å². The fourth-order valence-corrected chi connectivity index (χ4v) is 1.47. The largest absolute Gasteiger partial charge is 0.497 e. The Bertz CT molecular complexity index is 391. The van der Waals surface area contributed by atoms with Gasteiger partial charge in [-0.3, -0.25) is 0 Å². The Morgan fingerprint density at radius 3 is 2.50 bits per heavy atom. The van der Waals surface area contributed by atoms with Crippen LogP contribution in [0.3, 0.4) is 0 Å². The first-order valence-corrected chi connectivity index (χ1v) is 5.44. The summed E-state index contributed by atoms with van der Waals surface area (Å²) >= 11 is 0. The first-order chi connectivity index (χ1) is 8.31. The van der Waals surface area contributed by atoms with E-state index < -0.39 is 12.8 Å². The minimum atomic E-state index is -4.37. The van der Waals surface area contributed by atoms with Crippen molar-refractivity contribution in [3.8, 4) is 11.5 Å². The molecule has 0 saturated heterocycles. The molecule has 6 heteroatoms. The molecule has 1 rings (SSSR count). The maximum atomic E-state index is 12.1. The molecule has 0 saturated carbocycles. The number of halogens is 3. The molecule has 2 N–H and O–H groups in total. The molecule has 0 heterocycles. The molecular weight excluding hydrogens is 247 g/mol. The molecule has 0 bridgehead atoms. The molecule has 102 valence electrons. The summed E-state index contributed by atoms with van der Waals surface area (Å²) < 4.78 is 46.1. The highest BCUT2D eigenvalue weighted by Gasteiger charge is 2.28. The van der Waals surface area contributed by atoms with Crippen LogP contribution in [0.5, 0.6) is 11.5 Å². The van der Waals surface area contributed by atoms with E-state index in [0.717, 1.165) is 0 Å². The number of hydrogen-bond acceptors (Lipinski definition) is 3. The van der Waals surface area contributed by atoms with E-state index in [9.17, 15) is 13.2 Å². The van der Waals surface area contributed by atoms with Crippen molar-refractivity contribution >= 4 is 0 Å². The number of nitrogens with two attached hydrogens (primary N) is 1. The van der Waals surface area contributed by atoms with E-state index in [1.807, 2.05) is 0 Å². The van der Waals surface area contributed by atoms with Crippen LogP contribution in [0.1, 0.15) is 12.5 Å². The van der Waals surface area contributed by atoms with Crippen molar-refractivity contribution in [2.24, 2.45) is 5.73 Å². The number of rotatable bonds is 5. The molecule has 0 spiro atoms. The summed E-state index contributed by atoms with van der Waals surface area (Å²) in [5, 5.41) is 0. The van der Waals surface area contributed by atoms with Crippen molar-refractivity contribution in [2.45, 2.75) is 25.6 Å². The van der Waals surface area contributed by atoms with Crippen molar-refractivity contribution in [1.29, 1.82) is 0 Å². The highest BCUT2D eigenvalue weighted by Crippen LogP contribution is 2.27. The van der Waals surface area contributed by atoms with E-state index >= 15 is 0 Å². The van der Waals surface area contributed by atoms with E-state index in [4.69, 9.17) is 15.2 Å². The number of benzene rings is 1. The molecular formula is C12H16F3NO2. The van der Waals surface area contributed by atoms with Gasteiger partial charge in [-0.2, -0.15) is 13.2 Å². The molecule has 0 aliphatic heterocycles. The zero-order valence-corrected chi connectivity index (χ0v) is 10.3. The molecule has 1 aromatic rings. The molecule has 0 fully saturated rings. The Morgan fingerprint density at radius 1 is 1.33 bits per heavy atom. The molecule has 1 unspecified atom stereocenters. The lowest BCUT2D eigenvalue weighted by atomic mass is 10.1. The summed E-state index contributed by atoms with van der Waals surface area (Å²) in [6.45, 7) is 0.448. The maximum absolute atomic E-state index is 12.1. The van der Waals surface area contributed by atoms with Crippen molar-refractivity contribution in [3.63, 3.8) is 0 Å². The lowest BCUT2D eigenvalue weighted by Crippen LogP contribution is -2.21. The summed E-state index contributed by atoms with van der Waals surface area (Å²) in [4.78, 5) is 0. The first-order valence-electron chi connectivity index (χ1n) is 5.44. The molecule has 3 nitrogen and oxygen atoms in total. The Morgan fingerprint density at radius 2 is 2.00 bits per heavy atom. The molecule has 0 radical (unpaired) electrons. The van der Waals surface area contributed by atoms with Gasteiger partial charge in [0.1, 0.15) is 11.5 Å². The van der Waals surface area contributed by atoms with E-state index in [1.54, 1.807) is 19.1 Å². The number of hydrogen-bond donors (Lipinski definition) is 1. The molecule has 18 heavy (non-hydrogen) atoms. The zero-order valence-electron chi connectivity index (χ0n) is 10.3. The summed E-state index contributed by atoms with van der Waals surface area (Å²) in [6, 6.07) is 4.60. The van der Waals surface area contributed by atoms with E-state index in [1.165, 1.54) is 13.2 Å². The zero-order chi connectivity index (χ0) is 13.8.